The number of amides is 1. The molecule has 0 fully saturated rings. The van der Waals surface area contributed by atoms with E-state index in [-0.39, 0.29) is 12.5 Å². The van der Waals surface area contributed by atoms with Crippen LogP contribution in [0.25, 0.3) is 5.69 Å². The van der Waals surface area contributed by atoms with Crippen LogP contribution < -0.4 is 5.32 Å². The van der Waals surface area contributed by atoms with Crippen molar-refractivity contribution in [2.75, 3.05) is 6.26 Å². The van der Waals surface area contributed by atoms with Gasteiger partial charge >= 0.3 is 0 Å². The van der Waals surface area contributed by atoms with Gasteiger partial charge in [-0.05, 0) is 49.1 Å². The molecule has 5 nitrogen and oxygen atoms in total. The van der Waals surface area contributed by atoms with Gasteiger partial charge in [-0.3, -0.25) is 9.36 Å². The van der Waals surface area contributed by atoms with E-state index in [0.29, 0.717) is 21.4 Å². The molecule has 0 aliphatic heterocycles. The SMILES string of the molecule is CSc1nnc(CNC(=O)c2ccc(Cl)cc2Cl)n1-c1cccc(C)c1. The average Bonchev–Trinajstić information content (AvgIpc) is 3.02. The van der Waals surface area contributed by atoms with Crippen molar-refractivity contribution < 1.29 is 4.79 Å². The van der Waals surface area contributed by atoms with Crippen molar-refractivity contribution >= 4 is 40.9 Å². The molecular formula is C18H16Cl2N4OS. The number of nitrogens with zero attached hydrogens (tertiary/aromatic N) is 3. The summed E-state index contributed by atoms with van der Waals surface area (Å²) in [6.45, 7) is 2.25. The number of rotatable bonds is 5. The molecule has 0 spiro atoms. The summed E-state index contributed by atoms with van der Waals surface area (Å²) in [6, 6.07) is 12.8. The number of aryl methyl sites for hydroxylation is 1. The highest BCUT2D eigenvalue weighted by atomic mass is 35.5. The fourth-order valence-electron chi connectivity index (χ4n) is 2.50. The summed E-state index contributed by atoms with van der Waals surface area (Å²) >= 11 is 13.5. The van der Waals surface area contributed by atoms with Crippen molar-refractivity contribution in [2.24, 2.45) is 0 Å². The molecule has 1 aromatic heterocycles. The summed E-state index contributed by atoms with van der Waals surface area (Å²) in [5.41, 5.74) is 2.45. The van der Waals surface area contributed by atoms with Gasteiger partial charge in [-0.25, -0.2) is 0 Å². The van der Waals surface area contributed by atoms with Gasteiger partial charge < -0.3 is 5.32 Å². The van der Waals surface area contributed by atoms with E-state index >= 15 is 0 Å². The van der Waals surface area contributed by atoms with Gasteiger partial charge in [0.25, 0.3) is 5.91 Å². The molecule has 0 bridgehead atoms. The monoisotopic (exact) mass is 406 g/mol. The summed E-state index contributed by atoms with van der Waals surface area (Å²) in [7, 11) is 0. The second kappa shape index (κ2) is 8.12. The Labute approximate surface area is 165 Å². The standard InChI is InChI=1S/C18H16Cl2N4OS/c1-11-4-3-5-13(8-11)24-16(22-23-18(24)26-2)10-21-17(25)14-7-6-12(19)9-15(14)20/h3-9H,10H2,1-2H3,(H,21,25). The van der Waals surface area contributed by atoms with Crippen LogP contribution in [0.3, 0.4) is 0 Å². The maximum Gasteiger partial charge on any atom is 0.253 e. The molecule has 134 valence electrons. The molecule has 0 radical (unpaired) electrons. The van der Waals surface area contributed by atoms with Crippen LogP contribution in [0.1, 0.15) is 21.7 Å². The van der Waals surface area contributed by atoms with Gasteiger partial charge in [0, 0.05) is 10.7 Å². The number of benzene rings is 2. The van der Waals surface area contributed by atoms with E-state index in [1.54, 1.807) is 18.2 Å². The molecule has 0 saturated carbocycles. The van der Waals surface area contributed by atoms with Crippen LogP contribution in [0, 0.1) is 6.92 Å². The predicted molar refractivity (Wildman–Crippen MR) is 106 cm³/mol. The number of aromatic nitrogens is 3. The first-order valence-corrected chi connectivity index (χ1v) is 9.76. The largest absolute Gasteiger partial charge is 0.345 e. The van der Waals surface area contributed by atoms with Crippen LogP contribution in [0.5, 0.6) is 0 Å². The van der Waals surface area contributed by atoms with E-state index in [0.717, 1.165) is 16.4 Å². The van der Waals surface area contributed by atoms with Crippen LogP contribution in [0.15, 0.2) is 47.6 Å². The molecule has 8 heteroatoms. The molecule has 26 heavy (non-hydrogen) atoms. The molecule has 0 saturated heterocycles. The van der Waals surface area contributed by atoms with Crippen molar-refractivity contribution in [3.05, 3.63) is 69.5 Å². The van der Waals surface area contributed by atoms with Crippen molar-refractivity contribution in [3.8, 4) is 5.69 Å². The fraction of sp³-hybridized carbons (Fsp3) is 0.167. The summed E-state index contributed by atoms with van der Waals surface area (Å²) in [5.74, 6) is 0.342. The Kier molecular flexibility index (Phi) is 5.86. The maximum atomic E-state index is 12.4. The minimum Gasteiger partial charge on any atom is -0.345 e. The van der Waals surface area contributed by atoms with Crippen molar-refractivity contribution in [1.82, 2.24) is 20.1 Å². The van der Waals surface area contributed by atoms with Crippen LogP contribution >= 0.6 is 35.0 Å². The quantitative estimate of drug-likeness (QED) is 0.632. The number of thioether (sulfide) groups is 1. The minimum absolute atomic E-state index is 0.222. The van der Waals surface area contributed by atoms with Gasteiger partial charge in [-0.15, -0.1) is 10.2 Å². The molecule has 0 aliphatic carbocycles. The molecule has 0 aliphatic rings. The molecule has 0 atom stereocenters. The Balaban J connectivity index is 1.84. The average molecular weight is 407 g/mol. The molecular weight excluding hydrogens is 391 g/mol. The third-order valence-corrected chi connectivity index (χ3v) is 4.90. The van der Waals surface area contributed by atoms with Crippen LogP contribution in [0.4, 0.5) is 0 Å². The Bertz CT molecular complexity index is 958. The zero-order valence-corrected chi connectivity index (χ0v) is 16.5. The van der Waals surface area contributed by atoms with Crippen LogP contribution in [0.2, 0.25) is 10.0 Å². The lowest BCUT2D eigenvalue weighted by atomic mass is 10.2. The minimum atomic E-state index is -0.295. The smallest absolute Gasteiger partial charge is 0.253 e. The number of nitrogens with one attached hydrogen (secondary N) is 1. The Morgan fingerprint density at radius 3 is 2.69 bits per heavy atom. The Morgan fingerprint density at radius 1 is 1.19 bits per heavy atom. The first-order valence-electron chi connectivity index (χ1n) is 7.78. The summed E-state index contributed by atoms with van der Waals surface area (Å²) < 4.78 is 1.93. The second-order valence-corrected chi connectivity index (χ2v) is 7.20. The molecule has 1 heterocycles. The van der Waals surface area contributed by atoms with Gasteiger partial charge in [0.2, 0.25) is 0 Å². The van der Waals surface area contributed by atoms with Gasteiger partial charge in [0.15, 0.2) is 11.0 Å². The zero-order chi connectivity index (χ0) is 18.7. The van der Waals surface area contributed by atoms with Gasteiger partial charge in [0.05, 0.1) is 17.1 Å². The maximum absolute atomic E-state index is 12.4. The first kappa shape index (κ1) is 18.8. The van der Waals surface area contributed by atoms with E-state index in [1.807, 2.05) is 42.0 Å². The third kappa shape index (κ3) is 4.03. The molecule has 0 unspecified atom stereocenters. The van der Waals surface area contributed by atoms with Crippen molar-refractivity contribution in [2.45, 2.75) is 18.6 Å². The van der Waals surface area contributed by atoms with Crippen LogP contribution in [-0.4, -0.2) is 26.9 Å². The first-order chi connectivity index (χ1) is 12.5. The number of halogens is 2. The number of carbonyl (C=O) groups excluding carboxylic acids is 1. The lowest BCUT2D eigenvalue weighted by molar-refractivity contribution is 0.0950. The van der Waals surface area contributed by atoms with Gasteiger partial charge in [-0.1, -0.05) is 47.1 Å². The van der Waals surface area contributed by atoms with E-state index in [2.05, 4.69) is 15.5 Å². The topological polar surface area (TPSA) is 59.8 Å². The highest BCUT2D eigenvalue weighted by molar-refractivity contribution is 7.98. The van der Waals surface area contributed by atoms with Crippen LogP contribution in [-0.2, 0) is 6.54 Å². The highest BCUT2D eigenvalue weighted by Crippen LogP contribution is 2.22. The highest BCUT2D eigenvalue weighted by Gasteiger charge is 2.16. The second-order valence-electron chi connectivity index (χ2n) is 5.58. The molecule has 2 aromatic carbocycles. The fourth-order valence-corrected chi connectivity index (χ4v) is 3.51. The van der Waals surface area contributed by atoms with Gasteiger partial charge in [0.1, 0.15) is 0 Å². The van der Waals surface area contributed by atoms with Crippen molar-refractivity contribution in [3.63, 3.8) is 0 Å². The summed E-state index contributed by atoms with van der Waals surface area (Å²) in [4.78, 5) is 12.4. The zero-order valence-electron chi connectivity index (χ0n) is 14.2. The lowest BCUT2D eigenvalue weighted by Crippen LogP contribution is -2.25. The van der Waals surface area contributed by atoms with Crippen molar-refractivity contribution in [1.29, 1.82) is 0 Å². The Hall–Kier alpha value is -2.02. The van der Waals surface area contributed by atoms with Gasteiger partial charge in [-0.2, -0.15) is 0 Å². The molecule has 3 aromatic rings. The molecule has 3 rings (SSSR count). The lowest BCUT2D eigenvalue weighted by Gasteiger charge is -2.11. The summed E-state index contributed by atoms with van der Waals surface area (Å²) in [5, 5.41) is 12.8. The number of hydrogen-bond donors (Lipinski definition) is 1. The normalized spacial score (nSPS) is 10.8. The van der Waals surface area contributed by atoms with E-state index in [1.165, 1.54) is 11.8 Å². The molecule has 1 N–H and O–H groups in total. The third-order valence-electron chi connectivity index (χ3n) is 3.73. The number of carbonyl (C=O) groups is 1. The Morgan fingerprint density at radius 2 is 2.00 bits per heavy atom. The summed E-state index contributed by atoms with van der Waals surface area (Å²) in [6.07, 6.45) is 1.94. The predicted octanol–water partition coefficient (Wildman–Crippen LogP) is 4.53. The molecule has 1 amide bonds. The number of hydrogen-bond acceptors (Lipinski definition) is 4. The van der Waals surface area contributed by atoms with E-state index in [4.69, 9.17) is 23.2 Å². The van der Waals surface area contributed by atoms with E-state index < -0.39 is 0 Å². The van der Waals surface area contributed by atoms with E-state index in [9.17, 15) is 4.79 Å².